The zero-order valence-corrected chi connectivity index (χ0v) is 13.5. The Morgan fingerprint density at radius 2 is 1.75 bits per heavy atom. The molecule has 0 heterocycles. The Bertz CT molecular complexity index is 647. The number of carbonyl (C=O) groups is 1. The molecule has 5 nitrogen and oxygen atoms in total. The maximum Gasteiger partial charge on any atom is 0.315 e. The fraction of sp³-hybridized carbons (Fsp3) is 0.278. The third-order valence-corrected chi connectivity index (χ3v) is 3.14. The topological polar surface area (TPSA) is 59.6 Å². The van der Waals surface area contributed by atoms with Crippen LogP contribution < -0.4 is 20.1 Å². The van der Waals surface area contributed by atoms with E-state index < -0.39 is 0 Å². The van der Waals surface area contributed by atoms with Gasteiger partial charge in [0, 0.05) is 12.6 Å². The lowest BCUT2D eigenvalue weighted by Gasteiger charge is -2.10. The van der Waals surface area contributed by atoms with Crippen molar-refractivity contribution < 1.29 is 18.7 Å². The van der Waals surface area contributed by atoms with Gasteiger partial charge in [0.1, 0.15) is 23.9 Å². The van der Waals surface area contributed by atoms with Gasteiger partial charge in [-0.25, -0.2) is 9.18 Å². The summed E-state index contributed by atoms with van der Waals surface area (Å²) >= 11 is 0. The van der Waals surface area contributed by atoms with Crippen molar-refractivity contribution in [2.75, 3.05) is 19.8 Å². The van der Waals surface area contributed by atoms with Gasteiger partial charge in [0.2, 0.25) is 0 Å². The van der Waals surface area contributed by atoms with Crippen molar-refractivity contribution in [3.63, 3.8) is 0 Å². The molecular formula is C18H21FN2O3. The van der Waals surface area contributed by atoms with Crippen molar-refractivity contribution in [2.45, 2.75) is 13.5 Å². The number of halogens is 1. The summed E-state index contributed by atoms with van der Waals surface area (Å²) in [6.45, 7) is 3.57. The quantitative estimate of drug-likeness (QED) is 0.730. The minimum Gasteiger partial charge on any atom is -0.494 e. The molecule has 2 amide bonds. The molecule has 0 aliphatic rings. The molecule has 2 rings (SSSR count). The average molecular weight is 332 g/mol. The minimum absolute atomic E-state index is 0.297. The van der Waals surface area contributed by atoms with Gasteiger partial charge >= 0.3 is 6.03 Å². The molecule has 0 aliphatic heterocycles. The number of ether oxygens (including phenoxy) is 2. The van der Waals surface area contributed by atoms with Gasteiger partial charge in [-0.1, -0.05) is 18.2 Å². The van der Waals surface area contributed by atoms with E-state index in [1.165, 1.54) is 12.1 Å². The highest BCUT2D eigenvalue weighted by atomic mass is 19.1. The lowest BCUT2D eigenvalue weighted by atomic mass is 10.2. The highest BCUT2D eigenvalue weighted by Gasteiger charge is 2.01. The van der Waals surface area contributed by atoms with Gasteiger partial charge in [0.05, 0.1) is 13.2 Å². The average Bonchev–Trinajstić information content (AvgIpc) is 2.59. The number of amides is 2. The summed E-state index contributed by atoms with van der Waals surface area (Å²) in [5.41, 5.74) is 0.829. The molecule has 2 aromatic rings. The van der Waals surface area contributed by atoms with Gasteiger partial charge in [-0.15, -0.1) is 0 Å². The van der Waals surface area contributed by atoms with Gasteiger partial charge in [-0.2, -0.15) is 0 Å². The standard InChI is InChI=1S/C18H21FN2O3/c1-2-23-16-4-3-5-17(12-16)24-11-10-20-18(22)21-13-14-6-8-15(19)9-7-14/h3-9,12H,2,10-11,13H2,1H3,(H2,20,21,22). The van der Waals surface area contributed by atoms with Crippen LogP contribution in [0.3, 0.4) is 0 Å². The van der Waals surface area contributed by atoms with Crippen LogP contribution >= 0.6 is 0 Å². The van der Waals surface area contributed by atoms with E-state index in [1.54, 1.807) is 18.2 Å². The van der Waals surface area contributed by atoms with E-state index in [9.17, 15) is 9.18 Å². The number of nitrogens with one attached hydrogen (secondary N) is 2. The Kier molecular flexibility index (Phi) is 6.89. The first-order chi connectivity index (χ1) is 11.7. The van der Waals surface area contributed by atoms with Crippen LogP contribution in [0.25, 0.3) is 0 Å². The molecule has 2 aromatic carbocycles. The Labute approximate surface area is 140 Å². The van der Waals surface area contributed by atoms with E-state index in [0.29, 0.717) is 32.1 Å². The normalized spacial score (nSPS) is 10.1. The predicted octanol–water partition coefficient (Wildman–Crippen LogP) is 3.10. The largest absolute Gasteiger partial charge is 0.494 e. The molecular weight excluding hydrogens is 311 g/mol. The van der Waals surface area contributed by atoms with E-state index in [1.807, 2.05) is 25.1 Å². The lowest BCUT2D eigenvalue weighted by Crippen LogP contribution is -2.37. The van der Waals surface area contributed by atoms with E-state index in [0.717, 1.165) is 11.3 Å². The van der Waals surface area contributed by atoms with Crippen molar-refractivity contribution >= 4 is 6.03 Å². The molecule has 0 saturated heterocycles. The molecule has 0 atom stereocenters. The van der Waals surface area contributed by atoms with Crippen LogP contribution in [-0.4, -0.2) is 25.8 Å². The highest BCUT2D eigenvalue weighted by Crippen LogP contribution is 2.19. The Balaban J connectivity index is 1.64. The first-order valence-corrected chi connectivity index (χ1v) is 7.79. The second-order valence-electron chi connectivity index (χ2n) is 4.99. The second kappa shape index (κ2) is 9.39. The molecule has 0 unspecified atom stereocenters. The SMILES string of the molecule is CCOc1cccc(OCCNC(=O)NCc2ccc(F)cc2)c1. The fourth-order valence-corrected chi connectivity index (χ4v) is 2.00. The van der Waals surface area contributed by atoms with Crippen molar-refractivity contribution in [2.24, 2.45) is 0 Å². The number of hydrogen-bond acceptors (Lipinski definition) is 3. The predicted molar refractivity (Wildman–Crippen MR) is 89.7 cm³/mol. The molecule has 24 heavy (non-hydrogen) atoms. The summed E-state index contributed by atoms with van der Waals surface area (Å²) in [7, 11) is 0. The van der Waals surface area contributed by atoms with E-state index in [-0.39, 0.29) is 11.8 Å². The maximum atomic E-state index is 12.8. The van der Waals surface area contributed by atoms with Gasteiger partial charge in [-0.05, 0) is 36.8 Å². The number of urea groups is 1. The van der Waals surface area contributed by atoms with Crippen molar-refractivity contribution in [3.8, 4) is 11.5 Å². The summed E-state index contributed by atoms with van der Waals surface area (Å²) in [5.74, 6) is 1.14. The summed E-state index contributed by atoms with van der Waals surface area (Å²) in [5, 5.41) is 5.39. The Morgan fingerprint density at radius 3 is 2.46 bits per heavy atom. The summed E-state index contributed by atoms with van der Waals surface area (Å²) in [6, 6.07) is 13.0. The van der Waals surface area contributed by atoms with Gasteiger partial charge in [-0.3, -0.25) is 0 Å². The zero-order valence-electron chi connectivity index (χ0n) is 13.5. The number of benzene rings is 2. The van der Waals surface area contributed by atoms with Crippen LogP contribution in [-0.2, 0) is 6.54 Å². The lowest BCUT2D eigenvalue weighted by molar-refractivity contribution is 0.236. The van der Waals surface area contributed by atoms with E-state index in [2.05, 4.69) is 10.6 Å². The Hall–Kier alpha value is -2.76. The van der Waals surface area contributed by atoms with Crippen LogP contribution in [0.15, 0.2) is 48.5 Å². The number of hydrogen-bond donors (Lipinski definition) is 2. The zero-order chi connectivity index (χ0) is 17.2. The fourth-order valence-electron chi connectivity index (χ4n) is 2.00. The minimum atomic E-state index is -0.300. The molecule has 0 aromatic heterocycles. The van der Waals surface area contributed by atoms with Crippen LogP contribution in [0.2, 0.25) is 0 Å². The van der Waals surface area contributed by atoms with Crippen LogP contribution in [0, 0.1) is 5.82 Å². The first kappa shape index (κ1) is 17.6. The molecule has 6 heteroatoms. The van der Waals surface area contributed by atoms with E-state index >= 15 is 0 Å². The number of carbonyl (C=O) groups excluding carboxylic acids is 1. The molecule has 0 spiro atoms. The van der Waals surface area contributed by atoms with Crippen molar-refractivity contribution in [3.05, 3.63) is 59.9 Å². The van der Waals surface area contributed by atoms with Gasteiger partial charge in [0.25, 0.3) is 0 Å². The molecule has 0 bridgehead atoms. The first-order valence-electron chi connectivity index (χ1n) is 7.79. The van der Waals surface area contributed by atoms with Crippen molar-refractivity contribution in [1.29, 1.82) is 0 Å². The molecule has 0 radical (unpaired) electrons. The summed E-state index contributed by atoms with van der Waals surface area (Å²) in [4.78, 5) is 11.7. The van der Waals surface area contributed by atoms with Crippen molar-refractivity contribution in [1.82, 2.24) is 10.6 Å². The molecule has 0 fully saturated rings. The maximum absolute atomic E-state index is 12.8. The summed E-state index contributed by atoms with van der Waals surface area (Å²) < 4.78 is 23.7. The van der Waals surface area contributed by atoms with Gasteiger partial charge in [0.15, 0.2) is 0 Å². The van der Waals surface area contributed by atoms with E-state index in [4.69, 9.17) is 9.47 Å². The van der Waals surface area contributed by atoms with Crippen LogP contribution in [0.5, 0.6) is 11.5 Å². The molecule has 0 aliphatic carbocycles. The molecule has 0 saturated carbocycles. The second-order valence-corrected chi connectivity index (χ2v) is 4.99. The van der Waals surface area contributed by atoms with Crippen LogP contribution in [0.1, 0.15) is 12.5 Å². The molecule has 2 N–H and O–H groups in total. The third-order valence-electron chi connectivity index (χ3n) is 3.14. The highest BCUT2D eigenvalue weighted by molar-refractivity contribution is 5.73. The monoisotopic (exact) mass is 332 g/mol. The summed E-state index contributed by atoms with van der Waals surface area (Å²) in [6.07, 6.45) is 0. The molecule has 128 valence electrons. The Morgan fingerprint density at radius 1 is 1.04 bits per heavy atom. The number of rotatable bonds is 8. The van der Waals surface area contributed by atoms with Gasteiger partial charge < -0.3 is 20.1 Å². The smallest absolute Gasteiger partial charge is 0.315 e. The van der Waals surface area contributed by atoms with Crippen LogP contribution in [0.4, 0.5) is 9.18 Å². The third kappa shape index (κ3) is 6.16.